The average molecular weight is 267 g/mol. The van der Waals surface area contributed by atoms with E-state index >= 15 is 0 Å². The van der Waals surface area contributed by atoms with Crippen molar-refractivity contribution in [2.45, 2.75) is 19.4 Å². The maximum atomic E-state index is 12.9. The first kappa shape index (κ1) is 15.4. The Bertz CT molecular complexity index is 415. The van der Waals surface area contributed by atoms with Crippen molar-refractivity contribution in [1.29, 1.82) is 0 Å². The third-order valence-corrected chi connectivity index (χ3v) is 2.84. The lowest BCUT2D eigenvalue weighted by atomic mass is 9.94. The highest BCUT2D eigenvalue weighted by Gasteiger charge is 2.22. The van der Waals surface area contributed by atoms with E-state index in [0.29, 0.717) is 6.54 Å². The summed E-state index contributed by atoms with van der Waals surface area (Å²) in [6, 6.07) is 5.91. The van der Waals surface area contributed by atoms with Gasteiger partial charge in [0.1, 0.15) is 5.82 Å². The van der Waals surface area contributed by atoms with E-state index in [0.717, 1.165) is 12.1 Å². The molecule has 19 heavy (non-hydrogen) atoms. The molecular weight excluding hydrogens is 245 g/mol. The zero-order valence-electron chi connectivity index (χ0n) is 12.0. The van der Waals surface area contributed by atoms with E-state index < -0.39 is 5.54 Å². The fraction of sp³-hybridized carbons (Fsp3) is 0.500. The Kier molecular flexibility index (Phi) is 5.30. The molecule has 4 nitrogen and oxygen atoms in total. The first-order valence-electron chi connectivity index (χ1n) is 6.28. The van der Waals surface area contributed by atoms with Crippen LogP contribution in [0.2, 0.25) is 0 Å². The second-order valence-electron chi connectivity index (χ2n) is 5.32. The number of hydrogen-bond acceptors (Lipinski definition) is 2. The van der Waals surface area contributed by atoms with Gasteiger partial charge in [-0.05, 0) is 45.6 Å². The summed E-state index contributed by atoms with van der Waals surface area (Å²) in [5.74, 6) is -0.282. The Hall–Kier alpha value is -1.62. The van der Waals surface area contributed by atoms with Gasteiger partial charge in [-0.2, -0.15) is 0 Å². The van der Waals surface area contributed by atoms with Crippen molar-refractivity contribution in [2.75, 3.05) is 27.2 Å². The van der Waals surface area contributed by atoms with Gasteiger partial charge in [0.05, 0.1) is 5.54 Å². The number of likely N-dealkylation sites (N-methyl/N-ethyl adjacent to an activating group) is 1. The van der Waals surface area contributed by atoms with Crippen molar-refractivity contribution < 1.29 is 9.18 Å². The van der Waals surface area contributed by atoms with E-state index in [1.807, 2.05) is 32.8 Å². The second-order valence-corrected chi connectivity index (χ2v) is 5.32. The molecule has 0 bridgehead atoms. The van der Waals surface area contributed by atoms with Gasteiger partial charge in [-0.1, -0.05) is 12.1 Å². The van der Waals surface area contributed by atoms with Gasteiger partial charge in [0.2, 0.25) is 0 Å². The lowest BCUT2D eigenvalue weighted by molar-refractivity contribution is 0.228. The van der Waals surface area contributed by atoms with Crippen LogP contribution in [0.3, 0.4) is 0 Å². The summed E-state index contributed by atoms with van der Waals surface area (Å²) in [5.41, 5.74) is 0.312. The normalized spacial score (nSPS) is 11.5. The van der Waals surface area contributed by atoms with Gasteiger partial charge in [0.25, 0.3) is 0 Å². The van der Waals surface area contributed by atoms with Crippen LogP contribution < -0.4 is 10.6 Å². The molecule has 0 fully saturated rings. The van der Waals surface area contributed by atoms with E-state index in [-0.39, 0.29) is 11.8 Å². The Morgan fingerprint density at radius 1 is 1.26 bits per heavy atom. The van der Waals surface area contributed by atoms with Gasteiger partial charge in [0, 0.05) is 13.1 Å². The van der Waals surface area contributed by atoms with Crippen LogP contribution in [-0.4, -0.2) is 38.1 Å². The van der Waals surface area contributed by atoms with E-state index in [9.17, 15) is 9.18 Å². The molecule has 0 spiro atoms. The average Bonchev–Trinajstić information content (AvgIpc) is 2.28. The van der Waals surface area contributed by atoms with Crippen LogP contribution in [0.1, 0.15) is 19.4 Å². The van der Waals surface area contributed by atoms with Crippen LogP contribution in [0.15, 0.2) is 24.3 Å². The van der Waals surface area contributed by atoms with E-state index in [2.05, 4.69) is 10.6 Å². The van der Waals surface area contributed by atoms with Crippen LogP contribution in [0.5, 0.6) is 0 Å². The zero-order valence-corrected chi connectivity index (χ0v) is 12.0. The number of benzene rings is 1. The standard InChI is InChI=1S/C14H22FN3O/c1-14(2,11-5-7-12(15)8-6-11)17-13(19)16-9-10-18(3)4/h5-8H,9-10H2,1-4H3,(H2,16,17,19). The molecule has 0 aliphatic heterocycles. The highest BCUT2D eigenvalue weighted by molar-refractivity contribution is 5.74. The lowest BCUT2D eigenvalue weighted by Crippen LogP contribution is -2.47. The number of hydrogen-bond donors (Lipinski definition) is 2. The number of urea groups is 1. The summed E-state index contributed by atoms with van der Waals surface area (Å²) < 4.78 is 12.9. The smallest absolute Gasteiger partial charge is 0.315 e. The van der Waals surface area contributed by atoms with Crippen LogP contribution in [0, 0.1) is 5.82 Å². The monoisotopic (exact) mass is 267 g/mol. The molecule has 1 aromatic carbocycles. The highest BCUT2D eigenvalue weighted by Crippen LogP contribution is 2.19. The van der Waals surface area contributed by atoms with Crippen molar-refractivity contribution >= 4 is 6.03 Å². The topological polar surface area (TPSA) is 44.4 Å². The minimum atomic E-state index is -0.546. The fourth-order valence-corrected chi connectivity index (χ4v) is 1.66. The van der Waals surface area contributed by atoms with Gasteiger partial charge in [-0.25, -0.2) is 9.18 Å². The maximum absolute atomic E-state index is 12.9. The summed E-state index contributed by atoms with van der Waals surface area (Å²) >= 11 is 0. The van der Waals surface area contributed by atoms with Crippen molar-refractivity contribution in [3.05, 3.63) is 35.6 Å². The van der Waals surface area contributed by atoms with E-state index in [4.69, 9.17) is 0 Å². The molecule has 0 atom stereocenters. The minimum Gasteiger partial charge on any atom is -0.337 e. The van der Waals surface area contributed by atoms with Crippen LogP contribution in [0.25, 0.3) is 0 Å². The molecule has 0 aliphatic carbocycles. The van der Waals surface area contributed by atoms with Crippen molar-refractivity contribution in [3.63, 3.8) is 0 Å². The molecule has 0 heterocycles. The van der Waals surface area contributed by atoms with E-state index in [1.54, 1.807) is 12.1 Å². The predicted octanol–water partition coefficient (Wildman–Crippen LogP) is 1.92. The van der Waals surface area contributed by atoms with Crippen molar-refractivity contribution in [3.8, 4) is 0 Å². The molecule has 0 aliphatic rings. The Morgan fingerprint density at radius 3 is 2.37 bits per heavy atom. The molecule has 0 saturated carbocycles. The summed E-state index contributed by atoms with van der Waals surface area (Å²) in [6.45, 7) is 5.13. The molecule has 0 unspecified atom stereocenters. The molecule has 1 rings (SSSR count). The molecule has 1 aromatic rings. The molecule has 106 valence electrons. The molecule has 0 saturated heterocycles. The van der Waals surface area contributed by atoms with Gasteiger partial charge in [0.15, 0.2) is 0 Å². The van der Waals surface area contributed by atoms with Crippen molar-refractivity contribution in [2.24, 2.45) is 0 Å². The second kappa shape index (κ2) is 6.52. The largest absolute Gasteiger partial charge is 0.337 e. The Morgan fingerprint density at radius 2 is 1.84 bits per heavy atom. The Labute approximate surface area is 114 Å². The zero-order chi connectivity index (χ0) is 14.5. The molecule has 0 aromatic heterocycles. The first-order valence-corrected chi connectivity index (χ1v) is 6.28. The van der Waals surface area contributed by atoms with Crippen LogP contribution >= 0.6 is 0 Å². The van der Waals surface area contributed by atoms with Gasteiger partial charge in [-0.3, -0.25) is 0 Å². The predicted molar refractivity (Wildman–Crippen MR) is 74.5 cm³/mol. The number of halogens is 1. The number of nitrogens with zero attached hydrogens (tertiary/aromatic N) is 1. The van der Waals surface area contributed by atoms with Gasteiger partial charge < -0.3 is 15.5 Å². The summed E-state index contributed by atoms with van der Waals surface area (Å²) in [7, 11) is 3.89. The van der Waals surface area contributed by atoms with E-state index in [1.165, 1.54) is 12.1 Å². The van der Waals surface area contributed by atoms with Gasteiger partial charge in [-0.15, -0.1) is 0 Å². The summed E-state index contributed by atoms with van der Waals surface area (Å²) in [6.07, 6.45) is 0. The molecule has 2 amide bonds. The third kappa shape index (κ3) is 5.26. The van der Waals surface area contributed by atoms with Gasteiger partial charge >= 0.3 is 6.03 Å². The number of rotatable bonds is 5. The van der Waals surface area contributed by atoms with Crippen LogP contribution in [0.4, 0.5) is 9.18 Å². The number of nitrogens with one attached hydrogen (secondary N) is 2. The fourth-order valence-electron chi connectivity index (χ4n) is 1.66. The number of carbonyl (C=O) groups is 1. The first-order chi connectivity index (χ1) is 8.81. The minimum absolute atomic E-state index is 0.226. The summed E-state index contributed by atoms with van der Waals surface area (Å²) in [4.78, 5) is 13.8. The molecule has 5 heteroatoms. The Balaban J connectivity index is 2.54. The lowest BCUT2D eigenvalue weighted by Gasteiger charge is -2.27. The highest BCUT2D eigenvalue weighted by atomic mass is 19.1. The summed E-state index contributed by atoms with van der Waals surface area (Å²) in [5, 5.41) is 5.66. The maximum Gasteiger partial charge on any atom is 0.315 e. The SMILES string of the molecule is CN(C)CCNC(=O)NC(C)(C)c1ccc(F)cc1. The quantitative estimate of drug-likeness (QED) is 0.856. The number of carbonyl (C=O) groups excluding carboxylic acids is 1. The molecular formula is C14H22FN3O. The molecule has 0 radical (unpaired) electrons. The number of amides is 2. The van der Waals surface area contributed by atoms with Crippen LogP contribution in [-0.2, 0) is 5.54 Å². The third-order valence-electron chi connectivity index (χ3n) is 2.84. The van der Waals surface area contributed by atoms with Crippen molar-refractivity contribution in [1.82, 2.24) is 15.5 Å². The molecule has 2 N–H and O–H groups in total.